The van der Waals surface area contributed by atoms with E-state index in [0.717, 1.165) is 48.8 Å². The number of alkyl halides is 3. The van der Waals surface area contributed by atoms with Crippen LogP contribution in [-0.2, 0) is 13.1 Å². The van der Waals surface area contributed by atoms with Crippen molar-refractivity contribution in [1.82, 2.24) is 24.6 Å². The predicted molar refractivity (Wildman–Crippen MR) is 133 cm³/mol. The van der Waals surface area contributed by atoms with Gasteiger partial charge in [-0.15, -0.1) is 10.2 Å². The number of aliphatic hydroxyl groups is 1. The van der Waals surface area contributed by atoms with Gasteiger partial charge in [-0.2, -0.15) is 13.2 Å². The van der Waals surface area contributed by atoms with Gasteiger partial charge in [-0.3, -0.25) is 9.47 Å². The summed E-state index contributed by atoms with van der Waals surface area (Å²) >= 11 is 6.31. The molecule has 0 radical (unpaired) electrons. The lowest BCUT2D eigenvalue weighted by molar-refractivity contribution is -0.300. The quantitative estimate of drug-likeness (QED) is 0.467. The molecular weight excluding hydrogens is 524 g/mol. The molecule has 0 spiro atoms. The Hall–Kier alpha value is -2.76. The number of halogens is 5. The van der Waals surface area contributed by atoms with Gasteiger partial charge in [0.25, 0.3) is 0 Å². The second-order valence-corrected chi connectivity index (χ2v) is 11.1. The average Bonchev–Trinajstić information content (AvgIpc) is 3.19. The lowest BCUT2D eigenvalue weighted by Gasteiger charge is -2.48. The Morgan fingerprint density at radius 1 is 1.08 bits per heavy atom. The number of pyridine rings is 1. The molecular formula is C26H27ClF4N6O. The molecule has 1 aromatic carbocycles. The van der Waals surface area contributed by atoms with E-state index in [1.807, 2.05) is 21.6 Å². The first kappa shape index (κ1) is 25.5. The number of hydrogen-bond acceptors (Lipinski definition) is 6. The second-order valence-electron chi connectivity index (χ2n) is 10.6. The molecule has 4 heterocycles. The maximum absolute atomic E-state index is 13.7. The number of rotatable bonds is 3. The number of benzene rings is 1. The summed E-state index contributed by atoms with van der Waals surface area (Å²) in [4.78, 5) is 8.31. The van der Waals surface area contributed by atoms with E-state index in [1.54, 1.807) is 19.1 Å². The number of aromatic nitrogens is 4. The van der Waals surface area contributed by atoms with E-state index in [0.29, 0.717) is 29.5 Å². The zero-order chi connectivity index (χ0) is 26.8. The molecule has 0 unspecified atom stereocenters. The van der Waals surface area contributed by atoms with E-state index < -0.39 is 17.8 Å². The number of piperidine rings is 1. The van der Waals surface area contributed by atoms with Gasteiger partial charge in [0.2, 0.25) is 0 Å². The van der Waals surface area contributed by atoms with Crippen LogP contribution >= 0.6 is 11.6 Å². The van der Waals surface area contributed by atoms with E-state index in [1.165, 1.54) is 6.20 Å². The molecule has 38 heavy (non-hydrogen) atoms. The summed E-state index contributed by atoms with van der Waals surface area (Å²) < 4.78 is 55.6. The first-order valence-electron chi connectivity index (χ1n) is 12.7. The molecule has 7 nitrogen and oxygen atoms in total. The molecule has 2 aliphatic heterocycles. The monoisotopic (exact) mass is 550 g/mol. The van der Waals surface area contributed by atoms with Gasteiger partial charge in [0, 0.05) is 49.5 Å². The average molecular weight is 551 g/mol. The van der Waals surface area contributed by atoms with Crippen molar-refractivity contribution in [3.63, 3.8) is 0 Å². The van der Waals surface area contributed by atoms with Gasteiger partial charge in [-0.25, -0.2) is 9.37 Å². The molecule has 0 atom stereocenters. The van der Waals surface area contributed by atoms with Crippen LogP contribution in [0.2, 0.25) is 5.02 Å². The number of hydrogen-bond donors (Lipinski definition) is 1. The normalized spacial score (nSPS) is 24.5. The fourth-order valence-corrected chi connectivity index (χ4v) is 6.04. The largest absolute Gasteiger partial charge is 0.417 e. The van der Waals surface area contributed by atoms with Crippen LogP contribution in [0.3, 0.4) is 0 Å². The highest BCUT2D eigenvalue weighted by molar-refractivity contribution is 6.30. The smallest absolute Gasteiger partial charge is 0.380 e. The minimum absolute atomic E-state index is 0.114. The molecule has 2 fully saturated rings. The van der Waals surface area contributed by atoms with Crippen LogP contribution in [0.4, 0.5) is 23.4 Å². The number of anilines is 1. The number of fused-ring (bicyclic) bond motifs is 3. The summed E-state index contributed by atoms with van der Waals surface area (Å²) in [6, 6.07) is 6.86. The van der Waals surface area contributed by atoms with E-state index in [9.17, 15) is 22.7 Å². The molecule has 12 heteroatoms. The van der Waals surface area contributed by atoms with E-state index in [2.05, 4.69) is 20.1 Å². The summed E-state index contributed by atoms with van der Waals surface area (Å²) in [6.45, 7) is 3.88. The molecule has 2 aromatic heterocycles. The van der Waals surface area contributed by atoms with Gasteiger partial charge >= 0.3 is 6.18 Å². The van der Waals surface area contributed by atoms with E-state index >= 15 is 0 Å². The molecule has 0 bridgehead atoms. The Labute approximate surface area is 222 Å². The number of nitrogens with zero attached hydrogens (tertiary/aromatic N) is 6. The highest BCUT2D eigenvalue weighted by Crippen LogP contribution is 2.48. The second kappa shape index (κ2) is 9.17. The van der Waals surface area contributed by atoms with Gasteiger partial charge in [0.05, 0.1) is 18.4 Å². The Morgan fingerprint density at radius 3 is 2.50 bits per heavy atom. The third-order valence-electron chi connectivity index (χ3n) is 8.16. The zero-order valence-corrected chi connectivity index (χ0v) is 21.5. The van der Waals surface area contributed by atoms with Crippen molar-refractivity contribution in [2.75, 3.05) is 18.0 Å². The third kappa shape index (κ3) is 4.34. The van der Waals surface area contributed by atoms with E-state index in [4.69, 9.17) is 11.6 Å². The van der Waals surface area contributed by atoms with Gasteiger partial charge in [0.15, 0.2) is 11.4 Å². The Kier molecular flexibility index (Phi) is 6.16. The molecule has 1 N–H and O–H groups in total. The van der Waals surface area contributed by atoms with Crippen molar-refractivity contribution < 1.29 is 22.7 Å². The van der Waals surface area contributed by atoms with Gasteiger partial charge in [-0.05, 0) is 55.2 Å². The van der Waals surface area contributed by atoms with Crippen LogP contribution in [0, 0.1) is 12.7 Å². The Balaban J connectivity index is 1.26. The van der Waals surface area contributed by atoms with Gasteiger partial charge in [-0.1, -0.05) is 11.6 Å². The standard InChI is InChI=1S/C26H27ClF4N6O/c1-15-8-22(32-12-20(15)28)35-6-4-16(5-7-35)24-34-33-23-14-36(19-10-25(38,11-19)26(29,30)31)13-17-9-18(27)2-3-21(17)37(23)24/h2-3,8-9,12,16,19,38H,4-7,10-11,13-14H2,1H3. The lowest BCUT2D eigenvalue weighted by atomic mass is 9.74. The molecule has 1 aliphatic carbocycles. The van der Waals surface area contributed by atoms with Crippen molar-refractivity contribution in [2.45, 2.75) is 69.4 Å². The minimum Gasteiger partial charge on any atom is -0.380 e. The summed E-state index contributed by atoms with van der Waals surface area (Å²) in [7, 11) is 0. The minimum atomic E-state index is -4.65. The molecule has 3 aliphatic rings. The molecule has 3 aromatic rings. The topological polar surface area (TPSA) is 70.3 Å². The summed E-state index contributed by atoms with van der Waals surface area (Å²) in [5.41, 5.74) is -0.343. The van der Waals surface area contributed by atoms with Crippen molar-refractivity contribution in [1.29, 1.82) is 0 Å². The van der Waals surface area contributed by atoms with Crippen molar-refractivity contribution >= 4 is 17.4 Å². The Bertz CT molecular complexity index is 1360. The lowest BCUT2D eigenvalue weighted by Crippen LogP contribution is -2.61. The van der Waals surface area contributed by atoms with Crippen LogP contribution < -0.4 is 4.90 Å². The maximum Gasteiger partial charge on any atom is 0.417 e. The summed E-state index contributed by atoms with van der Waals surface area (Å²) in [5, 5.41) is 19.6. The van der Waals surface area contributed by atoms with Gasteiger partial charge < -0.3 is 10.0 Å². The van der Waals surface area contributed by atoms with Crippen LogP contribution in [-0.4, -0.2) is 60.7 Å². The predicted octanol–water partition coefficient (Wildman–Crippen LogP) is 4.92. The molecule has 0 amide bonds. The molecule has 6 rings (SSSR count). The zero-order valence-electron chi connectivity index (χ0n) is 20.7. The first-order valence-corrected chi connectivity index (χ1v) is 13.0. The van der Waals surface area contributed by atoms with Gasteiger partial charge in [0.1, 0.15) is 17.5 Å². The highest BCUT2D eigenvalue weighted by atomic mass is 35.5. The molecule has 1 saturated heterocycles. The molecule has 1 saturated carbocycles. The molecule has 202 valence electrons. The van der Waals surface area contributed by atoms with Crippen LogP contribution in [0.1, 0.15) is 54.4 Å². The SMILES string of the molecule is Cc1cc(N2CCC(c3nnc4n3-c3ccc(Cl)cc3CN(C3CC(O)(C(F)(F)F)C3)C4)CC2)ncc1F. The Morgan fingerprint density at radius 2 is 1.82 bits per heavy atom. The number of aryl methyl sites for hydroxylation is 1. The van der Waals surface area contributed by atoms with Crippen LogP contribution in [0.25, 0.3) is 5.69 Å². The van der Waals surface area contributed by atoms with Crippen molar-refractivity contribution in [3.05, 3.63) is 64.1 Å². The van der Waals surface area contributed by atoms with Crippen molar-refractivity contribution in [3.8, 4) is 5.69 Å². The fraction of sp³-hybridized carbons (Fsp3) is 0.500. The third-order valence-corrected chi connectivity index (χ3v) is 8.40. The van der Waals surface area contributed by atoms with Crippen LogP contribution in [0.15, 0.2) is 30.5 Å². The highest BCUT2D eigenvalue weighted by Gasteiger charge is 2.62. The summed E-state index contributed by atoms with van der Waals surface area (Å²) in [5.74, 6) is 2.00. The van der Waals surface area contributed by atoms with Crippen molar-refractivity contribution in [2.24, 2.45) is 0 Å². The first-order chi connectivity index (χ1) is 18.0. The fourth-order valence-electron chi connectivity index (χ4n) is 5.85. The maximum atomic E-state index is 13.7. The van der Waals surface area contributed by atoms with E-state index in [-0.39, 0.29) is 24.6 Å². The summed E-state index contributed by atoms with van der Waals surface area (Å²) in [6.07, 6.45) is -2.55. The van der Waals surface area contributed by atoms with Crippen LogP contribution in [0.5, 0.6) is 0 Å².